The van der Waals surface area contributed by atoms with Crippen LogP contribution in [0.1, 0.15) is 74.7 Å². The topological polar surface area (TPSA) is 37.3 Å². The summed E-state index contributed by atoms with van der Waals surface area (Å²) in [5.41, 5.74) is 1.51. The summed E-state index contributed by atoms with van der Waals surface area (Å²) in [6.45, 7) is 6.32. The first-order valence-electron chi connectivity index (χ1n) is 8.55. The summed E-state index contributed by atoms with van der Waals surface area (Å²) in [6, 6.07) is 5.29. The predicted octanol–water partition coefficient (Wildman–Crippen LogP) is 5.76. The number of aromatic hydroxyl groups is 1. The lowest BCUT2D eigenvalue weighted by Gasteiger charge is -2.16. The Morgan fingerprint density at radius 3 is 2.55 bits per heavy atom. The van der Waals surface area contributed by atoms with Crippen molar-refractivity contribution in [3.8, 4) is 5.75 Å². The molecule has 0 aromatic heterocycles. The number of hydrogen-bond acceptors (Lipinski definition) is 3. The maximum Gasteiger partial charge on any atom is 0.179 e. The van der Waals surface area contributed by atoms with Crippen LogP contribution >= 0.6 is 11.8 Å². The molecule has 0 amide bonds. The summed E-state index contributed by atoms with van der Waals surface area (Å²) in [4.78, 5) is 12.8. The Balaban J connectivity index is 2.74. The van der Waals surface area contributed by atoms with Crippen LogP contribution in [0.5, 0.6) is 5.75 Å². The van der Waals surface area contributed by atoms with Crippen LogP contribution < -0.4 is 0 Å². The van der Waals surface area contributed by atoms with Crippen molar-refractivity contribution in [2.75, 3.05) is 5.75 Å². The molecule has 1 rings (SSSR count). The summed E-state index contributed by atoms with van der Waals surface area (Å²) >= 11 is 1.76. The molecule has 22 heavy (non-hydrogen) atoms. The normalized spacial score (nSPS) is 12.3. The number of hydrogen-bond donors (Lipinski definition) is 1. The lowest BCUT2D eigenvalue weighted by molar-refractivity contribution is 0.0983. The molecule has 2 nitrogen and oxygen atoms in total. The molecule has 0 heterocycles. The Hall–Kier alpha value is -0.960. The Labute approximate surface area is 139 Å². The Bertz CT molecular complexity index is 457. The second-order valence-electron chi connectivity index (χ2n) is 5.95. The van der Waals surface area contributed by atoms with Crippen LogP contribution in [0.15, 0.2) is 18.2 Å². The van der Waals surface area contributed by atoms with E-state index in [9.17, 15) is 9.90 Å². The zero-order valence-electron chi connectivity index (χ0n) is 14.2. The van der Waals surface area contributed by atoms with Crippen molar-refractivity contribution in [3.05, 3.63) is 29.3 Å². The molecule has 1 atom stereocenters. The minimum absolute atomic E-state index is 0.0175. The van der Waals surface area contributed by atoms with E-state index in [0.29, 0.717) is 5.56 Å². The van der Waals surface area contributed by atoms with Gasteiger partial charge in [-0.2, -0.15) is 11.8 Å². The Morgan fingerprint density at radius 2 is 1.86 bits per heavy atom. The molecular weight excluding hydrogens is 292 g/mol. The van der Waals surface area contributed by atoms with E-state index in [0.717, 1.165) is 37.0 Å². The highest BCUT2D eigenvalue weighted by atomic mass is 32.2. The zero-order chi connectivity index (χ0) is 16.4. The van der Waals surface area contributed by atoms with Crippen molar-refractivity contribution < 1.29 is 9.90 Å². The first-order chi connectivity index (χ1) is 10.6. The molecule has 0 bridgehead atoms. The van der Waals surface area contributed by atoms with Gasteiger partial charge in [0.1, 0.15) is 5.75 Å². The minimum Gasteiger partial charge on any atom is -0.507 e. The third kappa shape index (κ3) is 6.43. The maximum atomic E-state index is 12.8. The number of ketones is 1. The molecule has 0 saturated carbocycles. The molecule has 0 aliphatic heterocycles. The van der Waals surface area contributed by atoms with Crippen LogP contribution in [0.3, 0.4) is 0 Å². The van der Waals surface area contributed by atoms with E-state index < -0.39 is 0 Å². The van der Waals surface area contributed by atoms with Crippen LogP contribution in [-0.4, -0.2) is 21.9 Å². The van der Waals surface area contributed by atoms with Gasteiger partial charge in [0, 0.05) is 0 Å². The van der Waals surface area contributed by atoms with Gasteiger partial charge in [0.2, 0.25) is 0 Å². The van der Waals surface area contributed by atoms with E-state index in [4.69, 9.17) is 0 Å². The number of unbranched alkanes of at least 4 members (excludes halogenated alkanes) is 4. The number of benzene rings is 1. The van der Waals surface area contributed by atoms with E-state index in [1.165, 1.54) is 19.3 Å². The molecule has 0 unspecified atom stereocenters. The number of aryl methyl sites for hydroxylation is 1. The number of thioether (sulfide) groups is 1. The smallest absolute Gasteiger partial charge is 0.179 e. The van der Waals surface area contributed by atoms with Gasteiger partial charge in [0.25, 0.3) is 0 Å². The van der Waals surface area contributed by atoms with Crippen molar-refractivity contribution in [2.45, 2.75) is 71.0 Å². The van der Waals surface area contributed by atoms with Crippen molar-refractivity contribution in [3.63, 3.8) is 0 Å². The highest BCUT2D eigenvalue weighted by Gasteiger charge is 2.22. The van der Waals surface area contributed by atoms with E-state index in [2.05, 4.69) is 13.8 Å². The van der Waals surface area contributed by atoms with Gasteiger partial charge >= 0.3 is 0 Å². The van der Waals surface area contributed by atoms with Crippen LogP contribution in [0.4, 0.5) is 0 Å². The summed E-state index contributed by atoms with van der Waals surface area (Å²) in [7, 11) is 0. The SMILES string of the molecule is CCCCCC[C@@H](SCCCC)C(=O)c1cc(C)ccc1O. The van der Waals surface area contributed by atoms with E-state index in [1.54, 1.807) is 17.8 Å². The number of rotatable bonds is 11. The van der Waals surface area contributed by atoms with E-state index >= 15 is 0 Å². The average Bonchev–Trinajstić information content (AvgIpc) is 2.51. The van der Waals surface area contributed by atoms with Gasteiger partial charge in [-0.15, -0.1) is 0 Å². The quantitative estimate of drug-likeness (QED) is 0.416. The molecule has 0 aliphatic rings. The zero-order valence-corrected chi connectivity index (χ0v) is 15.0. The summed E-state index contributed by atoms with van der Waals surface area (Å²) < 4.78 is 0. The Morgan fingerprint density at radius 1 is 1.14 bits per heavy atom. The predicted molar refractivity (Wildman–Crippen MR) is 97.1 cm³/mol. The molecule has 0 aliphatic carbocycles. The fourth-order valence-corrected chi connectivity index (χ4v) is 3.79. The van der Waals surface area contributed by atoms with Crippen LogP contribution in [0.25, 0.3) is 0 Å². The molecule has 0 fully saturated rings. The van der Waals surface area contributed by atoms with Crippen molar-refractivity contribution in [1.29, 1.82) is 0 Å². The molecule has 0 spiro atoms. The highest BCUT2D eigenvalue weighted by Crippen LogP contribution is 2.28. The fourth-order valence-electron chi connectivity index (χ4n) is 2.44. The summed E-state index contributed by atoms with van der Waals surface area (Å²) in [5, 5.41) is 9.99. The van der Waals surface area contributed by atoms with Crippen molar-refractivity contribution in [1.82, 2.24) is 0 Å². The second kappa shape index (κ2) is 10.7. The van der Waals surface area contributed by atoms with Gasteiger partial charge in [-0.25, -0.2) is 0 Å². The van der Waals surface area contributed by atoms with Gasteiger partial charge in [-0.05, 0) is 37.7 Å². The van der Waals surface area contributed by atoms with Crippen molar-refractivity contribution in [2.24, 2.45) is 0 Å². The maximum absolute atomic E-state index is 12.8. The molecular formula is C19H30O2S. The van der Waals surface area contributed by atoms with Gasteiger partial charge in [0.15, 0.2) is 5.78 Å². The molecule has 3 heteroatoms. The molecule has 0 radical (unpaired) electrons. The first kappa shape index (κ1) is 19.1. The fraction of sp³-hybridized carbons (Fsp3) is 0.632. The third-order valence-electron chi connectivity index (χ3n) is 3.85. The minimum atomic E-state index is -0.0175. The van der Waals surface area contributed by atoms with Crippen molar-refractivity contribution >= 4 is 17.5 Å². The third-order valence-corrected chi connectivity index (χ3v) is 5.22. The summed E-state index contributed by atoms with van der Waals surface area (Å²) in [5.74, 6) is 1.23. The van der Waals surface area contributed by atoms with E-state index in [-0.39, 0.29) is 16.8 Å². The van der Waals surface area contributed by atoms with Gasteiger partial charge < -0.3 is 5.11 Å². The largest absolute Gasteiger partial charge is 0.507 e. The monoisotopic (exact) mass is 322 g/mol. The Kier molecular flexibility index (Phi) is 9.30. The number of phenols is 1. The molecule has 0 saturated heterocycles. The van der Waals surface area contributed by atoms with Gasteiger partial charge in [0.05, 0.1) is 10.8 Å². The molecule has 1 N–H and O–H groups in total. The van der Waals surface area contributed by atoms with Crippen LogP contribution in [-0.2, 0) is 0 Å². The molecule has 124 valence electrons. The van der Waals surface area contributed by atoms with Gasteiger partial charge in [-0.1, -0.05) is 57.6 Å². The number of carbonyl (C=O) groups excluding carboxylic acids is 1. The lowest BCUT2D eigenvalue weighted by atomic mass is 10.0. The van der Waals surface area contributed by atoms with Crippen LogP contribution in [0.2, 0.25) is 0 Å². The second-order valence-corrected chi connectivity index (χ2v) is 7.26. The molecule has 1 aromatic rings. The van der Waals surface area contributed by atoms with E-state index in [1.807, 2.05) is 19.1 Å². The molecule has 1 aromatic carbocycles. The lowest BCUT2D eigenvalue weighted by Crippen LogP contribution is -2.18. The standard InChI is InChI=1S/C19H30O2S/c1-4-6-8-9-10-18(22-13-7-5-2)19(21)16-14-15(3)11-12-17(16)20/h11-12,14,18,20H,4-10,13H2,1-3H3/t18-/m1/s1. The first-order valence-corrected chi connectivity index (χ1v) is 9.60. The average molecular weight is 323 g/mol. The number of phenolic OH excluding ortho intramolecular Hbond substituents is 1. The highest BCUT2D eigenvalue weighted by molar-refractivity contribution is 8.00. The van der Waals surface area contributed by atoms with Gasteiger partial charge in [-0.3, -0.25) is 4.79 Å². The number of carbonyl (C=O) groups is 1. The van der Waals surface area contributed by atoms with Crippen LogP contribution in [0, 0.1) is 6.92 Å². The number of Topliss-reactive ketones (excluding diaryl/α,β-unsaturated/α-hetero) is 1. The summed E-state index contributed by atoms with van der Waals surface area (Å²) in [6.07, 6.45) is 7.93.